The molecule has 1 aromatic carbocycles. The molecule has 21 heavy (non-hydrogen) atoms. The molecule has 0 aliphatic rings. The molecule has 0 atom stereocenters. The first-order valence-corrected chi connectivity index (χ1v) is 8.36. The van der Waals surface area contributed by atoms with Crippen LogP contribution in [0.5, 0.6) is 0 Å². The van der Waals surface area contributed by atoms with E-state index in [1.165, 1.54) is 11.3 Å². The van der Waals surface area contributed by atoms with Crippen molar-refractivity contribution in [2.24, 2.45) is 0 Å². The summed E-state index contributed by atoms with van der Waals surface area (Å²) in [7, 11) is -3.99. The summed E-state index contributed by atoms with van der Waals surface area (Å²) in [5.41, 5.74) is 0.450. The van der Waals surface area contributed by atoms with E-state index in [1.54, 1.807) is 6.92 Å². The number of carboxylic acids is 1. The molecule has 8 heteroatoms. The minimum Gasteiger partial charge on any atom is -0.478 e. The van der Waals surface area contributed by atoms with Gasteiger partial charge in [-0.1, -0.05) is 0 Å². The Labute approximate surface area is 125 Å². The highest BCUT2D eigenvalue weighted by Crippen LogP contribution is 2.24. The number of aromatic nitrogens is 1. The van der Waals surface area contributed by atoms with E-state index in [-0.39, 0.29) is 5.56 Å². The van der Waals surface area contributed by atoms with Crippen molar-refractivity contribution in [3.63, 3.8) is 0 Å². The smallest absolute Gasteiger partial charge is 0.335 e. The van der Waals surface area contributed by atoms with E-state index < -0.39 is 32.3 Å². The molecule has 0 saturated carbocycles. The quantitative estimate of drug-likeness (QED) is 0.932. The van der Waals surface area contributed by atoms with Crippen LogP contribution in [0.4, 0.5) is 4.39 Å². The van der Waals surface area contributed by atoms with Gasteiger partial charge in [0.1, 0.15) is 21.5 Å². The second-order valence-corrected chi connectivity index (χ2v) is 7.70. The van der Waals surface area contributed by atoms with E-state index in [0.29, 0.717) is 5.01 Å². The Hall–Kier alpha value is -1.80. The standard InChI is InChI=1S/C13H12FNO4S2/c1-7-8(2)20-12(15-7)6-21(18,19)11-5-9(13(16)17)3-4-10(11)14/h3-5H,6H2,1-2H3,(H,16,17). The molecule has 112 valence electrons. The van der Waals surface area contributed by atoms with Crippen molar-refractivity contribution in [3.8, 4) is 0 Å². The number of hydrogen-bond donors (Lipinski definition) is 1. The molecule has 0 amide bonds. The van der Waals surface area contributed by atoms with Crippen LogP contribution in [0.2, 0.25) is 0 Å². The Morgan fingerprint density at radius 3 is 2.57 bits per heavy atom. The van der Waals surface area contributed by atoms with Crippen LogP contribution in [0.25, 0.3) is 0 Å². The minimum absolute atomic E-state index is 0.276. The molecule has 0 saturated heterocycles. The zero-order valence-electron chi connectivity index (χ0n) is 11.3. The van der Waals surface area contributed by atoms with Crippen LogP contribution in [0, 0.1) is 19.7 Å². The Morgan fingerprint density at radius 2 is 2.05 bits per heavy atom. The summed E-state index contributed by atoms with van der Waals surface area (Å²) in [5, 5.41) is 9.22. The summed E-state index contributed by atoms with van der Waals surface area (Å²) < 4.78 is 38.2. The van der Waals surface area contributed by atoms with E-state index in [0.717, 1.165) is 28.8 Å². The predicted octanol–water partition coefficient (Wildman–Crippen LogP) is 2.57. The number of benzene rings is 1. The van der Waals surface area contributed by atoms with Crippen LogP contribution in [0.3, 0.4) is 0 Å². The summed E-state index contributed by atoms with van der Waals surface area (Å²) in [6.45, 7) is 3.57. The highest BCUT2D eigenvalue weighted by Gasteiger charge is 2.23. The summed E-state index contributed by atoms with van der Waals surface area (Å²) in [4.78, 5) is 15.3. The third-order valence-electron chi connectivity index (χ3n) is 2.90. The van der Waals surface area contributed by atoms with E-state index in [1.807, 2.05) is 6.92 Å². The molecule has 0 spiro atoms. The van der Waals surface area contributed by atoms with Crippen LogP contribution in [0.15, 0.2) is 23.1 Å². The first kappa shape index (κ1) is 15.6. The second-order valence-electron chi connectivity index (χ2n) is 4.46. The topological polar surface area (TPSA) is 84.3 Å². The number of sulfone groups is 1. The maximum absolute atomic E-state index is 13.7. The highest BCUT2D eigenvalue weighted by molar-refractivity contribution is 7.90. The van der Waals surface area contributed by atoms with Crippen molar-refractivity contribution in [2.75, 3.05) is 0 Å². The molecule has 5 nitrogen and oxygen atoms in total. The number of carbonyl (C=O) groups is 1. The monoisotopic (exact) mass is 329 g/mol. The summed E-state index contributed by atoms with van der Waals surface area (Å²) >= 11 is 1.22. The molecular weight excluding hydrogens is 317 g/mol. The fraction of sp³-hybridized carbons (Fsp3) is 0.231. The van der Waals surface area contributed by atoms with Gasteiger partial charge < -0.3 is 5.11 Å². The van der Waals surface area contributed by atoms with Crippen LogP contribution >= 0.6 is 11.3 Å². The van der Waals surface area contributed by atoms with Crippen LogP contribution < -0.4 is 0 Å². The molecule has 1 aromatic heterocycles. The van der Waals surface area contributed by atoms with Crippen LogP contribution in [-0.2, 0) is 15.6 Å². The van der Waals surface area contributed by atoms with Gasteiger partial charge in [-0.2, -0.15) is 0 Å². The van der Waals surface area contributed by atoms with Gasteiger partial charge in [-0.3, -0.25) is 0 Å². The van der Waals surface area contributed by atoms with Crippen molar-refractivity contribution in [1.29, 1.82) is 0 Å². The molecule has 2 rings (SSSR count). The van der Waals surface area contributed by atoms with Gasteiger partial charge in [-0.25, -0.2) is 22.6 Å². The van der Waals surface area contributed by atoms with E-state index in [2.05, 4.69) is 4.98 Å². The van der Waals surface area contributed by atoms with Crippen LogP contribution in [0.1, 0.15) is 25.9 Å². The fourth-order valence-corrected chi connectivity index (χ4v) is 4.36. The van der Waals surface area contributed by atoms with Gasteiger partial charge in [0.05, 0.1) is 11.3 Å². The number of rotatable bonds is 4. The first-order chi connectivity index (χ1) is 9.70. The Kier molecular flexibility index (Phi) is 4.11. The Morgan fingerprint density at radius 1 is 1.38 bits per heavy atom. The molecule has 0 unspecified atom stereocenters. The molecule has 2 aromatic rings. The Balaban J connectivity index is 2.44. The van der Waals surface area contributed by atoms with Crippen molar-refractivity contribution in [2.45, 2.75) is 24.5 Å². The highest BCUT2D eigenvalue weighted by atomic mass is 32.2. The van der Waals surface area contributed by atoms with Gasteiger partial charge in [0.2, 0.25) is 0 Å². The van der Waals surface area contributed by atoms with Crippen molar-refractivity contribution >= 4 is 27.1 Å². The average molecular weight is 329 g/mol. The Bertz CT molecular complexity index is 792. The average Bonchev–Trinajstić information content (AvgIpc) is 2.67. The molecule has 0 bridgehead atoms. The maximum Gasteiger partial charge on any atom is 0.335 e. The summed E-state index contributed by atoms with van der Waals surface area (Å²) in [6.07, 6.45) is 0. The van der Waals surface area contributed by atoms with Crippen molar-refractivity contribution in [3.05, 3.63) is 45.2 Å². The lowest BCUT2D eigenvalue weighted by Gasteiger charge is -2.05. The maximum atomic E-state index is 13.7. The normalized spacial score (nSPS) is 11.6. The van der Waals surface area contributed by atoms with Gasteiger partial charge in [-0.15, -0.1) is 11.3 Å². The summed E-state index contributed by atoms with van der Waals surface area (Å²) in [6, 6.07) is 2.70. The molecule has 0 fully saturated rings. The second kappa shape index (κ2) is 5.53. The molecule has 0 radical (unpaired) electrons. The first-order valence-electron chi connectivity index (χ1n) is 5.89. The zero-order valence-corrected chi connectivity index (χ0v) is 12.9. The van der Waals surface area contributed by atoms with Crippen LogP contribution in [-0.4, -0.2) is 24.5 Å². The van der Waals surface area contributed by atoms with Crippen molar-refractivity contribution < 1.29 is 22.7 Å². The number of halogens is 1. The summed E-state index contributed by atoms with van der Waals surface area (Å²) in [5.74, 6) is -2.73. The third kappa shape index (κ3) is 3.27. The molecule has 0 aliphatic carbocycles. The molecular formula is C13H12FNO4S2. The minimum atomic E-state index is -3.99. The molecule has 1 heterocycles. The number of nitrogens with zero attached hydrogens (tertiary/aromatic N) is 1. The van der Waals surface area contributed by atoms with E-state index in [9.17, 15) is 17.6 Å². The number of hydrogen-bond acceptors (Lipinski definition) is 5. The van der Waals surface area contributed by atoms with Gasteiger partial charge in [0, 0.05) is 4.88 Å². The SMILES string of the molecule is Cc1nc(CS(=O)(=O)c2cc(C(=O)O)ccc2F)sc1C. The molecule has 1 N–H and O–H groups in total. The number of thiazole rings is 1. The fourth-order valence-electron chi connectivity index (χ4n) is 1.72. The molecule has 0 aliphatic heterocycles. The third-order valence-corrected chi connectivity index (χ3v) is 5.79. The van der Waals surface area contributed by atoms with Gasteiger partial charge in [0.25, 0.3) is 0 Å². The zero-order chi connectivity index (χ0) is 15.8. The lowest BCUT2D eigenvalue weighted by molar-refractivity contribution is 0.0696. The van der Waals surface area contributed by atoms with E-state index >= 15 is 0 Å². The van der Waals surface area contributed by atoms with Crippen molar-refractivity contribution in [1.82, 2.24) is 4.98 Å². The lowest BCUT2D eigenvalue weighted by Crippen LogP contribution is -2.09. The van der Waals surface area contributed by atoms with E-state index in [4.69, 9.17) is 5.11 Å². The van der Waals surface area contributed by atoms with Gasteiger partial charge in [0.15, 0.2) is 9.84 Å². The lowest BCUT2D eigenvalue weighted by atomic mass is 10.2. The van der Waals surface area contributed by atoms with Gasteiger partial charge >= 0.3 is 5.97 Å². The largest absolute Gasteiger partial charge is 0.478 e. The predicted molar refractivity (Wildman–Crippen MR) is 75.8 cm³/mol. The number of aryl methyl sites for hydroxylation is 2. The number of aromatic carboxylic acids is 1. The number of carboxylic acid groups (broad SMARTS) is 1. The van der Waals surface area contributed by atoms with Gasteiger partial charge in [-0.05, 0) is 32.0 Å².